The van der Waals surface area contributed by atoms with Crippen molar-refractivity contribution in [2.75, 3.05) is 24.5 Å². The Labute approximate surface area is 102 Å². The Balaban J connectivity index is 2.26. The predicted octanol–water partition coefficient (Wildman–Crippen LogP) is 0.640. The van der Waals surface area contributed by atoms with Crippen LogP contribution in [0, 0.1) is 0 Å². The summed E-state index contributed by atoms with van der Waals surface area (Å²) in [7, 11) is 0. The monoisotopic (exact) mass is 236 g/mol. The van der Waals surface area contributed by atoms with Crippen molar-refractivity contribution in [3.8, 4) is 0 Å². The average molecular weight is 236 g/mol. The minimum Gasteiger partial charge on any atom is -0.389 e. The molecule has 1 heterocycles. The van der Waals surface area contributed by atoms with E-state index in [0.29, 0.717) is 0 Å². The fourth-order valence-corrected chi connectivity index (χ4v) is 2.32. The van der Waals surface area contributed by atoms with Crippen LogP contribution in [-0.2, 0) is 0 Å². The van der Waals surface area contributed by atoms with Crippen LogP contribution in [0.15, 0.2) is 24.3 Å². The normalized spacial score (nSPS) is 19.4. The van der Waals surface area contributed by atoms with Gasteiger partial charge in [0.15, 0.2) is 0 Å². The number of aliphatic hydroxyl groups is 2. The Morgan fingerprint density at radius 3 is 2.47 bits per heavy atom. The standard InChI is InChI=1S/C13H20N2O2/c14-9-12(16)13(17)10-5-1-2-6-11(10)15-7-3-4-8-15/h1-2,5-6,12-13,16-17H,3-4,7-9,14H2. The highest BCUT2D eigenvalue weighted by Crippen LogP contribution is 2.30. The summed E-state index contributed by atoms with van der Waals surface area (Å²) in [6.45, 7) is 2.10. The van der Waals surface area contributed by atoms with Gasteiger partial charge in [0.25, 0.3) is 0 Å². The lowest BCUT2D eigenvalue weighted by atomic mass is 10.0. The molecule has 1 aliphatic heterocycles. The molecule has 0 bridgehead atoms. The molecule has 0 aromatic heterocycles. The van der Waals surface area contributed by atoms with Gasteiger partial charge in [0.2, 0.25) is 0 Å². The molecule has 2 unspecified atom stereocenters. The van der Waals surface area contributed by atoms with Gasteiger partial charge in [-0.25, -0.2) is 0 Å². The van der Waals surface area contributed by atoms with E-state index in [1.807, 2.05) is 24.3 Å². The van der Waals surface area contributed by atoms with Crippen molar-refractivity contribution in [2.24, 2.45) is 5.73 Å². The van der Waals surface area contributed by atoms with Crippen molar-refractivity contribution < 1.29 is 10.2 Å². The van der Waals surface area contributed by atoms with E-state index >= 15 is 0 Å². The summed E-state index contributed by atoms with van der Waals surface area (Å²) in [5.41, 5.74) is 7.18. The van der Waals surface area contributed by atoms with E-state index in [9.17, 15) is 10.2 Å². The Morgan fingerprint density at radius 2 is 1.82 bits per heavy atom. The summed E-state index contributed by atoms with van der Waals surface area (Å²) in [6.07, 6.45) is 0.559. The zero-order chi connectivity index (χ0) is 12.3. The zero-order valence-corrected chi connectivity index (χ0v) is 9.92. The maximum Gasteiger partial charge on any atom is 0.108 e. The second-order valence-electron chi connectivity index (χ2n) is 4.50. The minimum atomic E-state index is -0.906. The highest BCUT2D eigenvalue weighted by molar-refractivity contribution is 5.55. The van der Waals surface area contributed by atoms with E-state index in [-0.39, 0.29) is 6.54 Å². The van der Waals surface area contributed by atoms with E-state index in [0.717, 1.165) is 24.3 Å². The topological polar surface area (TPSA) is 69.7 Å². The molecule has 0 aliphatic carbocycles. The first kappa shape index (κ1) is 12.4. The van der Waals surface area contributed by atoms with Gasteiger partial charge in [-0.1, -0.05) is 18.2 Å². The van der Waals surface area contributed by atoms with Crippen molar-refractivity contribution in [3.63, 3.8) is 0 Å². The predicted molar refractivity (Wildman–Crippen MR) is 67.9 cm³/mol. The summed E-state index contributed by atoms with van der Waals surface area (Å²) in [5.74, 6) is 0. The van der Waals surface area contributed by atoms with Gasteiger partial charge in [-0.05, 0) is 18.9 Å². The smallest absolute Gasteiger partial charge is 0.108 e. The SMILES string of the molecule is NCC(O)C(O)c1ccccc1N1CCCC1. The molecule has 94 valence electrons. The van der Waals surface area contributed by atoms with E-state index in [2.05, 4.69) is 4.90 Å². The third kappa shape index (κ3) is 2.60. The highest BCUT2D eigenvalue weighted by Gasteiger charge is 2.23. The van der Waals surface area contributed by atoms with Crippen LogP contribution in [0.5, 0.6) is 0 Å². The number of hydrogen-bond acceptors (Lipinski definition) is 4. The highest BCUT2D eigenvalue weighted by atomic mass is 16.3. The lowest BCUT2D eigenvalue weighted by molar-refractivity contribution is 0.0246. The van der Waals surface area contributed by atoms with Crippen LogP contribution in [0.1, 0.15) is 24.5 Å². The number of nitrogens with zero attached hydrogens (tertiary/aromatic N) is 1. The Morgan fingerprint density at radius 1 is 1.18 bits per heavy atom. The number of nitrogens with two attached hydrogens (primary N) is 1. The summed E-state index contributed by atoms with van der Waals surface area (Å²) in [6, 6.07) is 7.68. The minimum absolute atomic E-state index is 0.0650. The first-order valence-corrected chi connectivity index (χ1v) is 6.14. The van der Waals surface area contributed by atoms with Crippen LogP contribution in [0.3, 0.4) is 0 Å². The molecule has 0 amide bonds. The summed E-state index contributed by atoms with van der Waals surface area (Å²) < 4.78 is 0. The molecule has 0 saturated carbocycles. The van der Waals surface area contributed by atoms with Gasteiger partial charge in [0.1, 0.15) is 6.10 Å². The largest absolute Gasteiger partial charge is 0.389 e. The number of para-hydroxylation sites is 1. The van der Waals surface area contributed by atoms with Gasteiger partial charge in [-0.15, -0.1) is 0 Å². The maximum atomic E-state index is 10.1. The van der Waals surface area contributed by atoms with E-state index in [4.69, 9.17) is 5.73 Å². The first-order valence-electron chi connectivity index (χ1n) is 6.14. The van der Waals surface area contributed by atoms with Gasteiger partial charge in [0.05, 0.1) is 6.10 Å². The molecule has 0 spiro atoms. The average Bonchev–Trinajstić information content (AvgIpc) is 2.90. The first-order chi connectivity index (χ1) is 8.24. The molecule has 2 atom stereocenters. The number of hydrogen-bond donors (Lipinski definition) is 3. The van der Waals surface area contributed by atoms with Crippen LogP contribution in [0.2, 0.25) is 0 Å². The quantitative estimate of drug-likeness (QED) is 0.717. The van der Waals surface area contributed by atoms with Gasteiger partial charge in [-0.3, -0.25) is 0 Å². The molecule has 4 nitrogen and oxygen atoms in total. The van der Waals surface area contributed by atoms with Crippen LogP contribution < -0.4 is 10.6 Å². The van der Waals surface area contributed by atoms with Crippen molar-refractivity contribution in [1.29, 1.82) is 0 Å². The molecule has 1 aromatic carbocycles. The van der Waals surface area contributed by atoms with Crippen LogP contribution in [-0.4, -0.2) is 36.0 Å². The molecule has 0 radical (unpaired) electrons. The fraction of sp³-hybridized carbons (Fsp3) is 0.538. The van der Waals surface area contributed by atoms with Crippen LogP contribution in [0.4, 0.5) is 5.69 Å². The van der Waals surface area contributed by atoms with Gasteiger partial charge in [-0.2, -0.15) is 0 Å². The Kier molecular flexibility index (Phi) is 3.99. The van der Waals surface area contributed by atoms with Crippen molar-refractivity contribution in [3.05, 3.63) is 29.8 Å². The summed E-state index contributed by atoms with van der Waals surface area (Å²) in [5, 5.41) is 19.7. The molecule has 1 aromatic rings. The van der Waals surface area contributed by atoms with Gasteiger partial charge < -0.3 is 20.8 Å². The van der Waals surface area contributed by atoms with Crippen LogP contribution >= 0.6 is 0 Å². The molecule has 17 heavy (non-hydrogen) atoms. The second-order valence-corrected chi connectivity index (χ2v) is 4.50. The van der Waals surface area contributed by atoms with Gasteiger partial charge in [0, 0.05) is 30.9 Å². The third-order valence-electron chi connectivity index (χ3n) is 3.31. The Hall–Kier alpha value is -1.10. The van der Waals surface area contributed by atoms with Crippen molar-refractivity contribution in [1.82, 2.24) is 0 Å². The number of aliphatic hydroxyl groups excluding tert-OH is 2. The van der Waals surface area contributed by atoms with Gasteiger partial charge >= 0.3 is 0 Å². The molecule has 2 rings (SSSR count). The lowest BCUT2D eigenvalue weighted by Gasteiger charge is -2.25. The van der Waals surface area contributed by atoms with Crippen molar-refractivity contribution >= 4 is 5.69 Å². The van der Waals surface area contributed by atoms with E-state index in [1.165, 1.54) is 12.8 Å². The Bertz CT molecular complexity index is 364. The fourth-order valence-electron chi connectivity index (χ4n) is 2.32. The molecule has 1 aliphatic rings. The molecular weight excluding hydrogens is 216 g/mol. The van der Waals surface area contributed by atoms with E-state index < -0.39 is 12.2 Å². The van der Waals surface area contributed by atoms with Crippen molar-refractivity contribution in [2.45, 2.75) is 25.0 Å². The molecular formula is C13H20N2O2. The lowest BCUT2D eigenvalue weighted by Crippen LogP contribution is -2.29. The second kappa shape index (κ2) is 5.49. The maximum absolute atomic E-state index is 10.1. The summed E-state index contributed by atoms with van der Waals surface area (Å²) in [4.78, 5) is 2.25. The molecule has 1 saturated heterocycles. The third-order valence-corrected chi connectivity index (χ3v) is 3.31. The molecule has 4 N–H and O–H groups in total. The van der Waals surface area contributed by atoms with Crippen LogP contribution in [0.25, 0.3) is 0 Å². The van der Waals surface area contributed by atoms with E-state index in [1.54, 1.807) is 0 Å². The molecule has 4 heteroatoms. The number of benzene rings is 1. The number of rotatable bonds is 4. The molecule has 1 fully saturated rings. The summed E-state index contributed by atoms with van der Waals surface area (Å²) >= 11 is 0. The zero-order valence-electron chi connectivity index (χ0n) is 9.92. The number of anilines is 1.